The normalized spacial score (nSPS) is 30.6. The van der Waals surface area contributed by atoms with E-state index in [9.17, 15) is 19.7 Å². The minimum Gasteiger partial charge on any atom is -0.272 e. The van der Waals surface area contributed by atoms with E-state index in [1.807, 2.05) is 12.2 Å². The first-order chi connectivity index (χ1) is 11.5. The number of benzene rings is 1. The van der Waals surface area contributed by atoms with E-state index in [0.29, 0.717) is 11.1 Å². The van der Waals surface area contributed by atoms with Crippen molar-refractivity contribution in [3.05, 3.63) is 51.6 Å². The molecule has 24 heavy (non-hydrogen) atoms. The highest BCUT2D eigenvalue weighted by molar-refractivity contribution is 6.06. The Balaban J connectivity index is 1.59. The Morgan fingerprint density at radius 3 is 2.42 bits per heavy atom. The fourth-order valence-corrected chi connectivity index (χ4v) is 4.03. The summed E-state index contributed by atoms with van der Waals surface area (Å²) in [5.41, 5.74) is 1.01. The smallest absolute Gasteiger partial charge is 0.272 e. The van der Waals surface area contributed by atoms with Crippen molar-refractivity contribution in [2.45, 2.75) is 13.3 Å². The maximum Gasteiger partial charge on any atom is 0.272 e. The van der Waals surface area contributed by atoms with Gasteiger partial charge in [0, 0.05) is 17.2 Å². The van der Waals surface area contributed by atoms with Crippen molar-refractivity contribution in [2.24, 2.45) is 28.8 Å². The van der Waals surface area contributed by atoms with Gasteiger partial charge in [-0.15, -0.1) is 0 Å². The second-order valence-corrected chi connectivity index (χ2v) is 6.54. The van der Waals surface area contributed by atoms with Gasteiger partial charge >= 0.3 is 0 Å². The van der Waals surface area contributed by atoms with Gasteiger partial charge in [0.2, 0.25) is 0 Å². The molecule has 0 spiro atoms. The molecular formula is C17H15N3O4. The van der Waals surface area contributed by atoms with Crippen molar-refractivity contribution in [3.63, 3.8) is 0 Å². The lowest BCUT2D eigenvalue weighted by Crippen LogP contribution is -2.28. The molecule has 1 aromatic rings. The number of nitrogens with zero attached hydrogens (tertiary/aromatic N) is 3. The summed E-state index contributed by atoms with van der Waals surface area (Å²) in [6.45, 7) is 1.65. The number of imide groups is 1. The molecule has 7 heteroatoms. The minimum absolute atomic E-state index is 0.0165. The van der Waals surface area contributed by atoms with E-state index in [0.717, 1.165) is 11.4 Å². The number of hydrazone groups is 1. The molecule has 2 aliphatic carbocycles. The van der Waals surface area contributed by atoms with Crippen molar-refractivity contribution in [3.8, 4) is 0 Å². The van der Waals surface area contributed by atoms with Crippen LogP contribution < -0.4 is 0 Å². The van der Waals surface area contributed by atoms with Crippen LogP contribution in [0, 0.1) is 40.7 Å². The molecule has 0 radical (unpaired) electrons. The van der Waals surface area contributed by atoms with E-state index in [-0.39, 0.29) is 41.2 Å². The highest BCUT2D eigenvalue weighted by Gasteiger charge is 2.59. The number of fused-ring (bicyclic) bond motifs is 5. The van der Waals surface area contributed by atoms with Gasteiger partial charge in [-0.3, -0.25) is 19.7 Å². The summed E-state index contributed by atoms with van der Waals surface area (Å²) in [6, 6.07) is 4.67. The van der Waals surface area contributed by atoms with Gasteiger partial charge < -0.3 is 0 Å². The molecule has 1 saturated carbocycles. The van der Waals surface area contributed by atoms with Gasteiger partial charge in [0.15, 0.2) is 0 Å². The topological polar surface area (TPSA) is 92.9 Å². The Morgan fingerprint density at radius 1 is 1.21 bits per heavy atom. The Labute approximate surface area is 137 Å². The SMILES string of the molecule is Cc1ccc(C=NN2C(=O)C3C4C=CC(C4)C3C2=O)cc1[N+](=O)[O-]. The molecule has 4 atom stereocenters. The lowest BCUT2D eigenvalue weighted by Gasteiger charge is -2.13. The third-order valence-electron chi connectivity index (χ3n) is 5.20. The van der Waals surface area contributed by atoms with Crippen LogP contribution in [-0.2, 0) is 9.59 Å². The molecule has 1 heterocycles. The summed E-state index contributed by atoms with van der Waals surface area (Å²) in [7, 11) is 0. The number of allylic oxidation sites excluding steroid dienone is 2. The number of amides is 2. The van der Waals surface area contributed by atoms with Crippen LogP contribution in [0.4, 0.5) is 5.69 Å². The van der Waals surface area contributed by atoms with Gasteiger partial charge in [0.25, 0.3) is 17.5 Å². The molecule has 122 valence electrons. The molecule has 0 N–H and O–H groups in total. The third-order valence-corrected chi connectivity index (χ3v) is 5.20. The number of nitro benzene ring substituents is 1. The lowest BCUT2D eigenvalue weighted by atomic mass is 9.85. The Kier molecular flexibility index (Phi) is 3.13. The van der Waals surface area contributed by atoms with Crippen LogP contribution in [0.3, 0.4) is 0 Å². The zero-order valence-corrected chi connectivity index (χ0v) is 13.0. The average Bonchev–Trinajstić information content (AvgIpc) is 3.22. The molecule has 2 bridgehead atoms. The van der Waals surface area contributed by atoms with Crippen molar-refractivity contribution < 1.29 is 14.5 Å². The van der Waals surface area contributed by atoms with E-state index in [2.05, 4.69) is 5.10 Å². The van der Waals surface area contributed by atoms with Crippen LogP contribution in [0.15, 0.2) is 35.5 Å². The van der Waals surface area contributed by atoms with E-state index in [1.54, 1.807) is 19.1 Å². The molecule has 4 unspecified atom stereocenters. The van der Waals surface area contributed by atoms with Gasteiger partial charge in [-0.1, -0.05) is 24.3 Å². The van der Waals surface area contributed by atoms with Crippen LogP contribution in [0.2, 0.25) is 0 Å². The second kappa shape index (κ2) is 5.09. The van der Waals surface area contributed by atoms with Crippen LogP contribution in [0.25, 0.3) is 0 Å². The van der Waals surface area contributed by atoms with E-state index < -0.39 is 4.92 Å². The number of aryl methyl sites for hydroxylation is 1. The van der Waals surface area contributed by atoms with E-state index >= 15 is 0 Å². The number of carbonyl (C=O) groups excluding carboxylic acids is 2. The first kappa shape index (κ1) is 14.7. The van der Waals surface area contributed by atoms with Crippen molar-refractivity contribution >= 4 is 23.7 Å². The quantitative estimate of drug-likeness (QED) is 0.279. The van der Waals surface area contributed by atoms with Crippen LogP contribution >= 0.6 is 0 Å². The average molecular weight is 325 g/mol. The lowest BCUT2D eigenvalue weighted by molar-refractivity contribution is -0.385. The second-order valence-electron chi connectivity index (χ2n) is 6.54. The molecule has 0 aromatic heterocycles. The summed E-state index contributed by atoms with van der Waals surface area (Å²) < 4.78 is 0. The van der Waals surface area contributed by atoms with Crippen LogP contribution in [0.5, 0.6) is 0 Å². The molecular weight excluding hydrogens is 310 g/mol. The molecule has 4 rings (SSSR count). The monoisotopic (exact) mass is 325 g/mol. The summed E-state index contributed by atoms with van der Waals surface area (Å²) in [4.78, 5) is 35.5. The van der Waals surface area contributed by atoms with E-state index in [4.69, 9.17) is 0 Å². The highest BCUT2D eigenvalue weighted by atomic mass is 16.6. The van der Waals surface area contributed by atoms with Gasteiger partial charge in [0.1, 0.15) is 0 Å². The van der Waals surface area contributed by atoms with Gasteiger partial charge in [-0.25, -0.2) is 0 Å². The van der Waals surface area contributed by atoms with Gasteiger partial charge in [-0.2, -0.15) is 10.1 Å². The Hall–Kier alpha value is -2.83. The summed E-state index contributed by atoms with van der Waals surface area (Å²) in [5, 5.41) is 15.9. The third kappa shape index (κ3) is 2.01. The fraction of sp³-hybridized carbons (Fsp3) is 0.353. The zero-order chi connectivity index (χ0) is 17.0. The number of hydrogen-bond acceptors (Lipinski definition) is 5. The molecule has 1 saturated heterocycles. The summed E-state index contributed by atoms with van der Waals surface area (Å²) in [6.07, 6.45) is 6.24. The van der Waals surface area contributed by atoms with Crippen LogP contribution in [0.1, 0.15) is 17.5 Å². The number of nitro groups is 1. The Morgan fingerprint density at radius 2 is 1.83 bits per heavy atom. The number of rotatable bonds is 3. The standard InChI is InChI=1S/C17H15N3O4/c1-9-2-3-10(6-13(9)20(23)24)8-18-19-16(21)14-11-4-5-12(7-11)15(14)17(19)22/h2-6,8,11-12,14-15H,7H2,1H3. The first-order valence-electron chi connectivity index (χ1n) is 7.82. The largest absolute Gasteiger partial charge is 0.272 e. The zero-order valence-electron chi connectivity index (χ0n) is 13.0. The van der Waals surface area contributed by atoms with Crippen molar-refractivity contribution in [2.75, 3.05) is 0 Å². The van der Waals surface area contributed by atoms with E-state index in [1.165, 1.54) is 12.3 Å². The number of hydrogen-bond donors (Lipinski definition) is 0. The highest BCUT2D eigenvalue weighted by Crippen LogP contribution is 2.52. The summed E-state index contributed by atoms with van der Waals surface area (Å²) >= 11 is 0. The maximum absolute atomic E-state index is 12.5. The van der Waals surface area contributed by atoms with Crippen molar-refractivity contribution in [1.82, 2.24) is 5.01 Å². The number of carbonyl (C=O) groups is 2. The Bertz CT molecular complexity index is 799. The molecule has 7 nitrogen and oxygen atoms in total. The van der Waals surface area contributed by atoms with Gasteiger partial charge in [-0.05, 0) is 25.2 Å². The molecule has 3 aliphatic rings. The van der Waals surface area contributed by atoms with Crippen molar-refractivity contribution in [1.29, 1.82) is 0 Å². The predicted molar refractivity (Wildman–Crippen MR) is 85.0 cm³/mol. The molecule has 2 amide bonds. The minimum atomic E-state index is -0.466. The molecule has 1 aromatic carbocycles. The summed E-state index contributed by atoms with van der Waals surface area (Å²) in [5.74, 6) is -0.845. The maximum atomic E-state index is 12.5. The van der Waals surface area contributed by atoms with Crippen LogP contribution in [-0.4, -0.2) is 28.0 Å². The fourth-order valence-electron chi connectivity index (χ4n) is 4.03. The predicted octanol–water partition coefficient (Wildman–Crippen LogP) is 2.04. The molecule has 1 aliphatic heterocycles. The molecule has 2 fully saturated rings. The first-order valence-corrected chi connectivity index (χ1v) is 7.82. The van der Waals surface area contributed by atoms with Gasteiger partial charge in [0.05, 0.1) is 23.0 Å².